The molecule has 6 heteroatoms. The van der Waals surface area contributed by atoms with Crippen molar-refractivity contribution in [1.29, 1.82) is 0 Å². The molecule has 0 spiro atoms. The highest BCUT2D eigenvalue weighted by atomic mass is 16.6. The standard InChI is InChI=1S/C10H13NO5/c1-5-6(7(8(12)13)11-16-5)9(14)15-10(2,3)4/h1-4H3,(H,12,13). The zero-order valence-corrected chi connectivity index (χ0v) is 9.53. The van der Waals surface area contributed by atoms with Crippen molar-refractivity contribution in [3.05, 3.63) is 17.0 Å². The number of aromatic nitrogens is 1. The van der Waals surface area contributed by atoms with Crippen molar-refractivity contribution < 1.29 is 24.0 Å². The van der Waals surface area contributed by atoms with E-state index in [0.717, 1.165) is 0 Å². The van der Waals surface area contributed by atoms with Gasteiger partial charge in [-0.15, -0.1) is 0 Å². The third kappa shape index (κ3) is 2.59. The highest BCUT2D eigenvalue weighted by Crippen LogP contribution is 2.18. The monoisotopic (exact) mass is 227 g/mol. The maximum absolute atomic E-state index is 11.7. The predicted octanol–water partition coefficient (Wildman–Crippen LogP) is 1.64. The maximum Gasteiger partial charge on any atom is 0.359 e. The topological polar surface area (TPSA) is 89.6 Å². The van der Waals surface area contributed by atoms with Crippen LogP contribution in [0.3, 0.4) is 0 Å². The highest BCUT2D eigenvalue weighted by molar-refractivity contribution is 6.01. The Balaban J connectivity index is 3.08. The van der Waals surface area contributed by atoms with Gasteiger partial charge in [0.15, 0.2) is 0 Å². The number of carboxylic acids is 1. The van der Waals surface area contributed by atoms with Crippen molar-refractivity contribution in [1.82, 2.24) is 5.16 Å². The van der Waals surface area contributed by atoms with Crippen LogP contribution in [0.25, 0.3) is 0 Å². The molecule has 1 aromatic rings. The van der Waals surface area contributed by atoms with Crippen molar-refractivity contribution in [3.8, 4) is 0 Å². The Morgan fingerprint density at radius 1 is 1.38 bits per heavy atom. The van der Waals surface area contributed by atoms with E-state index in [1.54, 1.807) is 20.8 Å². The van der Waals surface area contributed by atoms with E-state index in [-0.39, 0.29) is 11.3 Å². The van der Waals surface area contributed by atoms with Crippen LogP contribution in [-0.4, -0.2) is 27.8 Å². The molecule has 0 bridgehead atoms. The van der Waals surface area contributed by atoms with Gasteiger partial charge in [-0.25, -0.2) is 9.59 Å². The summed E-state index contributed by atoms with van der Waals surface area (Å²) in [6.45, 7) is 6.52. The molecule has 1 rings (SSSR count). The van der Waals surface area contributed by atoms with Crippen molar-refractivity contribution in [2.24, 2.45) is 0 Å². The van der Waals surface area contributed by atoms with E-state index in [1.165, 1.54) is 6.92 Å². The third-order valence-electron chi connectivity index (χ3n) is 1.67. The van der Waals surface area contributed by atoms with Crippen LogP contribution in [0.2, 0.25) is 0 Å². The third-order valence-corrected chi connectivity index (χ3v) is 1.67. The number of rotatable bonds is 2. The van der Waals surface area contributed by atoms with Gasteiger partial charge >= 0.3 is 11.9 Å². The SMILES string of the molecule is Cc1onc(C(=O)O)c1C(=O)OC(C)(C)C. The number of hydrogen-bond acceptors (Lipinski definition) is 5. The molecule has 1 aromatic heterocycles. The summed E-state index contributed by atoms with van der Waals surface area (Å²) in [5.41, 5.74) is -1.26. The smallest absolute Gasteiger partial charge is 0.359 e. The lowest BCUT2D eigenvalue weighted by molar-refractivity contribution is 0.00644. The van der Waals surface area contributed by atoms with Crippen molar-refractivity contribution in [2.45, 2.75) is 33.3 Å². The zero-order chi connectivity index (χ0) is 12.5. The first-order valence-corrected chi connectivity index (χ1v) is 4.65. The quantitative estimate of drug-likeness (QED) is 0.772. The van der Waals surface area contributed by atoms with E-state index in [9.17, 15) is 9.59 Å². The van der Waals surface area contributed by atoms with Gasteiger partial charge in [-0.3, -0.25) is 0 Å². The van der Waals surface area contributed by atoms with E-state index in [4.69, 9.17) is 9.84 Å². The second-order valence-electron chi connectivity index (χ2n) is 4.27. The molecule has 1 N–H and O–H groups in total. The van der Waals surface area contributed by atoms with E-state index >= 15 is 0 Å². The van der Waals surface area contributed by atoms with Crippen LogP contribution in [0.5, 0.6) is 0 Å². The van der Waals surface area contributed by atoms with Crippen LogP contribution in [0.15, 0.2) is 4.52 Å². The Kier molecular flexibility index (Phi) is 3.02. The summed E-state index contributed by atoms with van der Waals surface area (Å²) in [6.07, 6.45) is 0. The van der Waals surface area contributed by atoms with Crippen LogP contribution >= 0.6 is 0 Å². The van der Waals surface area contributed by atoms with Gasteiger partial charge in [0.2, 0.25) is 5.69 Å². The van der Waals surface area contributed by atoms with Crippen LogP contribution in [-0.2, 0) is 4.74 Å². The molecule has 16 heavy (non-hydrogen) atoms. The number of aryl methyl sites for hydroxylation is 1. The fraction of sp³-hybridized carbons (Fsp3) is 0.500. The lowest BCUT2D eigenvalue weighted by atomic mass is 10.1. The van der Waals surface area contributed by atoms with Gasteiger partial charge in [0.25, 0.3) is 0 Å². The molecule has 0 unspecified atom stereocenters. The number of aromatic carboxylic acids is 1. The summed E-state index contributed by atoms with van der Waals surface area (Å²) in [6, 6.07) is 0. The van der Waals surface area contributed by atoms with Crippen molar-refractivity contribution in [2.75, 3.05) is 0 Å². The Bertz CT molecular complexity index is 427. The van der Waals surface area contributed by atoms with E-state index < -0.39 is 23.2 Å². The Morgan fingerprint density at radius 2 is 1.94 bits per heavy atom. The summed E-state index contributed by atoms with van der Waals surface area (Å²) in [7, 11) is 0. The molecule has 6 nitrogen and oxygen atoms in total. The molecule has 0 aromatic carbocycles. The van der Waals surface area contributed by atoms with E-state index in [1.807, 2.05) is 0 Å². The molecular weight excluding hydrogens is 214 g/mol. The molecule has 0 aliphatic carbocycles. The van der Waals surface area contributed by atoms with E-state index in [0.29, 0.717) is 0 Å². The normalized spacial score (nSPS) is 11.2. The molecule has 0 atom stereocenters. The summed E-state index contributed by atoms with van der Waals surface area (Å²) in [5, 5.41) is 12.1. The van der Waals surface area contributed by atoms with Gasteiger partial charge in [0.1, 0.15) is 16.9 Å². The number of carbonyl (C=O) groups excluding carboxylic acids is 1. The van der Waals surface area contributed by atoms with Crippen molar-refractivity contribution in [3.63, 3.8) is 0 Å². The molecule has 0 fully saturated rings. The molecule has 0 amide bonds. The Labute approximate surface area is 92.2 Å². The van der Waals surface area contributed by atoms with Gasteiger partial charge in [-0.1, -0.05) is 5.16 Å². The number of esters is 1. The van der Waals surface area contributed by atoms with Crippen LogP contribution in [0, 0.1) is 6.92 Å². The first kappa shape index (κ1) is 12.2. The molecule has 0 aliphatic rings. The highest BCUT2D eigenvalue weighted by Gasteiger charge is 2.29. The molecule has 1 heterocycles. The minimum atomic E-state index is -1.32. The molecule has 88 valence electrons. The average Bonchev–Trinajstić information content (AvgIpc) is 2.43. The largest absolute Gasteiger partial charge is 0.476 e. The maximum atomic E-state index is 11.7. The number of hydrogen-bond donors (Lipinski definition) is 1. The van der Waals surface area contributed by atoms with Gasteiger partial charge in [0, 0.05) is 0 Å². The second kappa shape index (κ2) is 3.96. The lowest BCUT2D eigenvalue weighted by Gasteiger charge is -2.19. The number of carboxylic acid groups (broad SMARTS) is 1. The van der Waals surface area contributed by atoms with Gasteiger partial charge in [0.05, 0.1) is 0 Å². The second-order valence-corrected chi connectivity index (χ2v) is 4.27. The Morgan fingerprint density at radius 3 is 2.38 bits per heavy atom. The summed E-state index contributed by atoms with van der Waals surface area (Å²) >= 11 is 0. The van der Waals surface area contributed by atoms with Gasteiger partial charge in [-0.05, 0) is 27.7 Å². The number of carbonyl (C=O) groups is 2. The molecule has 0 aliphatic heterocycles. The predicted molar refractivity (Wildman–Crippen MR) is 53.4 cm³/mol. The summed E-state index contributed by atoms with van der Waals surface area (Å²) < 4.78 is 9.71. The Hall–Kier alpha value is -1.85. The molecule has 0 saturated carbocycles. The first-order valence-electron chi connectivity index (χ1n) is 4.65. The first-order chi connectivity index (χ1) is 7.22. The minimum Gasteiger partial charge on any atom is -0.476 e. The summed E-state index contributed by atoms with van der Waals surface area (Å²) in [5.74, 6) is -1.94. The molecular formula is C10H13NO5. The van der Waals surface area contributed by atoms with E-state index in [2.05, 4.69) is 9.68 Å². The molecule has 0 saturated heterocycles. The minimum absolute atomic E-state index is 0.131. The van der Waals surface area contributed by atoms with Crippen LogP contribution in [0.4, 0.5) is 0 Å². The fourth-order valence-electron chi connectivity index (χ4n) is 1.09. The summed E-state index contributed by atoms with van der Waals surface area (Å²) in [4.78, 5) is 22.5. The molecule has 0 radical (unpaired) electrons. The fourth-order valence-corrected chi connectivity index (χ4v) is 1.09. The van der Waals surface area contributed by atoms with Gasteiger partial charge < -0.3 is 14.4 Å². The van der Waals surface area contributed by atoms with Crippen LogP contribution < -0.4 is 0 Å². The number of nitrogens with zero attached hydrogens (tertiary/aromatic N) is 1. The average molecular weight is 227 g/mol. The van der Waals surface area contributed by atoms with Crippen molar-refractivity contribution >= 4 is 11.9 Å². The zero-order valence-electron chi connectivity index (χ0n) is 9.53. The lowest BCUT2D eigenvalue weighted by Crippen LogP contribution is -2.25. The van der Waals surface area contributed by atoms with Crippen LogP contribution in [0.1, 0.15) is 47.4 Å². The number of ether oxygens (including phenoxy) is 1. The van der Waals surface area contributed by atoms with Gasteiger partial charge in [-0.2, -0.15) is 0 Å².